The van der Waals surface area contributed by atoms with Gasteiger partial charge in [-0.05, 0) is 30.7 Å². The number of rotatable bonds is 4. The Labute approximate surface area is 88.0 Å². The van der Waals surface area contributed by atoms with Crippen LogP contribution in [0.5, 0.6) is 11.5 Å². The molecule has 0 unspecified atom stereocenters. The minimum absolute atomic E-state index is 0.116. The van der Waals surface area contributed by atoms with Gasteiger partial charge in [0.1, 0.15) is 17.5 Å². The fourth-order valence-corrected chi connectivity index (χ4v) is 0.982. The lowest BCUT2D eigenvalue weighted by Gasteiger charge is -2.08. The quantitative estimate of drug-likeness (QED) is 0.442. The maximum Gasteiger partial charge on any atom is 0.328 e. The van der Waals surface area contributed by atoms with Crippen LogP contribution in [0.2, 0.25) is 0 Å². The number of carbonyl (C=O) groups excluding carboxylic acids is 1. The summed E-state index contributed by atoms with van der Waals surface area (Å²) in [5, 5.41) is 9.01. The summed E-state index contributed by atoms with van der Waals surface area (Å²) in [7, 11) is 0. The van der Waals surface area contributed by atoms with Crippen molar-refractivity contribution in [2.45, 2.75) is 12.5 Å². The molecule has 15 heavy (non-hydrogen) atoms. The Balaban J connectivity index is 2.58. The largest absolute Gasteiger partial charge is 0.508 e. The number of phenols is 1. The van der Waals surface area contributed by atoms with Crippen molar-refractivity contribution >= 4 is 5.97 Å². The van der Waals surface area contributed by atoms with E-state index in [2.05, 4.69) is 6.58 Å². The molecule has 0 fully saturated rings. The molecule has 1 atom stereocenters. The first-order valence-corrected chi connectivity index (χ1v) is 4.50. The lowest BCUT2D eigenvalue weighted by molar-refractivity contribution is -0.135. The summed E-state index contributed by atoms with van der Waals surface area (Å²) in [6.07, 6.45) is 1.93. The molecule has 4 nitrogen and oxygen atoms in total. The molecule has 0 aliphatic rings. The Bertz CT molecular complexity index is 345. The number of ether oxygens (including phenoxy) is 1. The van der Waals surface area contributed by atoms with Gasteiger partial charge in [0.2, 0.25) is 0 Å². The molecule has 0 aliphatic heterocycles. The first-order chi connectivity index (χ1) is 7.13. The first kappa shape index (κ1) is 11.3. The smallest absolute Gasteiger partial charge is 0.328 e. The molecule has 0 aliphatic carbocycles. The summed E-state index contributed by atoms with van der Waals surface area (Å²) in [6, 6.07) is 5.15. The predicted octanol–water partition coefficient (Wildman–Crippen LogP) is 1.20. The number of benzene rings is 1. The highest BCUT2D eigenvalue weighted by Gasteiger charge is 2.13. The zero-order valence-electron chi connectivity index (χ0n) is 8.22. The van der Waals surface area contributed by atoms with Crippen LogP contribution in [0.3, 0.4) is 0 Å². The van der Waals surface area contributed by atoms with Gasteiger partial charge in [-0.25, -0.2) is 4.79 Å². The number of hydrogen-bond acceptors (Lipinski definition) is 4. The van der Waals surface area contributed by atoms with E-state index in [9.17, 15) is 4.79 Å². The molecule has 0 heterocycles. The van der Waals surface area contributed by atoms with E-state index in [1.807, 2.05) is 0 Å². The molecule has 0 saturated heterocycles. The third kappa shape index (κ3) is 3.44. The Hall–Kier alpha value is -1.81. The highest BCUT2D eigenvalue weighted by Crippen LogP contribution is 2.16. The standard InChI is InChI=1S/C11H13NO3/c1-2-3-10(12)11(14)15-9-6-4-8(13)5-7-9/h2,4-7,10,13H,1,3,12H2/t10-/m0/s1. The summed E-state index contributed by atoms with van der Waals surface area (Å²) in [5.41, 5.74) is 5.51. The molecular formula is C11H13NO3. The van der Waals surface area contributed by atoms with Gasteiger partial charge in [0.05, 0.1) is 0 Å². The summed E-state index contributed by atoms with van der Waals surface area (Å²) in [6.45, 7) is 3.48. The van der Waals surface area contributed by atoms with Gasteiger partial charge in [-0.15, -0.1) is 6.58 Å². The molecular weight excluding hydrogens is 194 g/mol. The molecule has 0 saturated carbocycles. The minimum atomic E-state index is -0.698. The fourth-order valence-electron chi connectivity index (χ4n) is 0.982. The molecule has 80 valence electrons. The molecule has 0 radical (unpaired) electrons. The second-order valence-electron chi connectivity index (χ2n) is 3.05. The zero-order chi connectivity index (χ0) is 11.3. The second-order valence-corrected chi connectivity index (χ2v) is 3.05. The van der Waals surface area contributed by atoms with Gasteiger partial charge >= 0.3 is 5.97 Å². The van der Waals surface area contributed by atoms with Gasteiger partial charge in [-0.1, -0.05) is 6.08 Å². The van der Waals surface area contributed by atoms with Crippen molar-refractivity contribution in [3.63, 3.8) is 0 Å². The maximum atomic E-state index is 11.3. The zero-order valence-corrected chi connectivity index (χ0v) is 8.22. The van der Waals surface area contributed by atoms with E-state index in [-0.39, 0.29) is 5.75 Å². The van der Waals surface area contributed by atoms with Crippen LogP contribution in [0, 0.1) is 0 Å². The van der Waals surface area contributed by atoms with Gasteiger partial charge in [-0.2, -0.15) is 0 Å². The Morgan fingerprint density at radius 3 is 2.67 bits per heavy atom. The highest BCUT2D eigenvalue weighted by molar-refractivity contribution is 5.78. The monoisotopic (exact) mass is 207 g/mol. The Morgan fingerprint density at radius 2 is 2.13 bits per heavy atom. The highest BCUT2D eigenvalue weighted by atomic mass is 16.5. The van der Waals surface area contributed by atoms with Crippen molar-refractivity contribution in [1.29, 1.82) is 0 Å². The summed E-state index contributed by atoms with van der Waals surface area (Å²) < 4.78 is 4.96. The molecule has 0 aromatic heterocycles. The van der Waals surface area contributed by atoms with Gasteiger partial charge in [-0.3, -0.25) is 0 Å². The van der Waals surface area contributed by atoms with E-state index in [0.29, 0.717) is 12.2 Å². The number of esters is 1. The van der Waals surface area contributed by atoms with Crippen LogP contribution in [-0.4, -0.2) is 17.1 Å². The number of hydrogen-bond donors (Lipinski definition) is 2. The third-order valence-electron chi connectivity index (χ3n) is 1.78. The van der Waals surface area contributed by atoms with Crippen LogP contribution < -0.4 is 10.5 Å². The lowest BCUT2D eigenvalue weighted by Crippen LogP contribution is -2.33. The van der Waals surface area contributed by atoms with E-state index in [1.54, 1.807) is 6.08 Å². The molecule has 0 bridgehead atoms. The van der Waals surface area contributed by atoms with Crippen molar-refractivity contribution in [3.8, 4) is 11.5 Å². The van der Waals surface area contributed by atoms with Crippen molar-refractivity contribution in [3.05, 3.63) is 36.9 Å². The van der Waals surface area contributed by atoms with Crippen LogP contribution in [0.1, 0.15) is 6.42 Å². The van der Waals surface area contributed by atoms with Crippen molar-refractivity contribution in [2.75, 3.05) is 0 Å². The van der Waals surface area contributed by atoms with Gasteiger partial charge in [0, 0.05) is 0 Å². The molecule has 1 aromatic rings. The van der Waals surface area contributed by atoms with Crippen LogP contribution in [0.4, 0.5) is 0 Å². The van der Waals surface area contributed by atoms with E-state index >= 15 is 0 Å². The molecule has 0 amide bonds. The summed E-state index contributed by atoms with van der Waals surface area (Å²) >= 11 is 0. The first-order valence-electron chi connectivity index (χ1n) is 4.50. The predicted molar refractivity (Wildman–Crippen MR) is 56.5 cm³/mol. The van der Waals surface area contributed by atoms with Crippen LogP contribution in [0.15, 0.2) is 36.9 Å². The average Bonchev–Trinajstić information content (AvgIpc) is 2.22. The van der Waals surface area contributed by atoms with E-state index in [1.165, 1.54) is 24.3 Å². The van der Waals surface area contributed by atoms with Crippen LogP contribution in [-0.2, 0) is 4.79 Å². The average molecular weight is 207 g/mol. The molecule has 4 heteroatoms. The number of nitrogens with two attached hydrogens (primary N) is 1. The van der Waals surface area contributed by atoms with E-state index in [4.69, 9.17) is 15.6 Å². The topological polar surface area (TPSA) is 72.6 Å². The Morgan fingerprint density at radius 1 is 1.53 bits per heavy atom. The number of aromatic hydroxyl groups is 1. The molecule has 0 spiro atoms. The Kier molecular flexibility index (Phi) is 3.88. The minimum Gasteiger partial charge on any atom is -0.508 e. The summed E-state index contributed by atoms with van der Waals surface area (Å²) in [4.78, 5) is 11.3. The van der Waals surface area contributed by atoms with Gasteiger partial charge < -0.3 is 15.6 Å². The SMILES string of the molecule is C=CC[C@H](N)C(=O)Oc1ccc(O)cc1. The van der Waals surface area contributed by atoms with Crippen molar-refractivity contribution in [2.24, 2.45) is 5.73 Å². The van der Waals surface area contributed by atoms with E-state index < -0.39 is 12.0 Å². The number of carbonyl (C=O) groups is 1. The maximum absolute atomic E-state index is 11.3. The molecule has 1 rings (SSSR count). The molecule has 1 aromatic carbocycles. The fraction of sp³-hybridized carbons (Fsp3) is 0.182. The van der Waals surface area contributed by atoms with Gasteiger partial charge in [0.15, 0.2) is 0 Å². The van der Waals surface area contributed by atoms with Crippen LogP contribution >= 0.6 is 0 Å². The van der Waals surface area contributed by atoms with E-state index in [0.717, 1.165) is 0 Å². The normalized spacial score (nSPS) is 11.8. The third-order valence-corrected chi connectivity index (χ3v) is 1.78. The number of phenolic OH excluding ortho intramolecular Hbond substituents is 1. The summed E-state index contributed by atoms with van der Waals surface area (Å²) in [5.74, 6) is -0.0388. The van der Waals surface area contributed by atoms with Crippen molar-refractivity contribution < 1.29 is 14.6 Å². The van der Waals surface area contributed by atoms with Crippen LogP contribution in [0.25, 0.3) is 0 Å². The molecule has 3 N–H and O–H groups in total. The van der Waals surface area contributed by atoms with Gasteiger partial charge in [0.25, 0.3) is 0 Å². The van der Waals surface area contributed by atoms with Crippen molar-refractivity contribution in [1.82, 2.24) is 0 Å². The second kappa shape index (κ2) is 5.17. The lowest BCUT2D eigenvalue weighted by atomic mass is 10.2.